The van der Waals surface area contributed by atoms with Crippen molar-refractivity contribution in [1.82, 2.24) is 15.6 Å². The minimum absolute atomic E-state index is 0.106. The third-order valence-electron chi connectivity index (χ3n) is 7.59. The number of aryl methyl sites for hydroxylation is 1. The second kappa shape index (κ2) is 10.8. The van der Waals surface area contributed by atoms with Gasteiger partial charge in [-0.3, -0.25) is 4.79 Å². The van der Waals surface area contributed by atoms with Crippen LogP contribution in [-0.2, 0) is 40.6 Å². The molecule has 40 heavy (non-hydrogen) atoms. The van der Waals surface area contributed by atoms with Crippen molar-refractivity contribution in [3.63, 3.8) is 0 Å². The van der Waals surface area contributed by atoms with Gasteiger partial charge in [0.15, 0.2) is 0 Å². The zero-order valence-electron chi connectivity index (χ0n) is 21.4. The van der Waals surface area contributed by atoms with Gasteiger partial charge in [0.1, 0.15) is 0 Å². The predicted molar refractivity (Wildman–Crippen MR) is 136 cm³/mol. The van der Waals surface area contributed by atoms with Gasteiger partial charge in [0.2, 0.25) is 5.91 Å². The summed E-state index contributed by atoms with van der Waals surface area (Å²) in [6, 6.07) is 10.6. The molecule has 0 aliphatic carbocycles. The van der Waals surface area contributed by atoms with Crippen molar-refractivity contribution in [3.8, 4) is 0 Å². The Labute approximate surface area is 231 Å². The topological polar surface area (TPSA) is 63.2 Å². The smallest absolute Gasteiger partial charge is 0.371 e. The van der Waals surface area contributed by atoms with Crippen molar-refractivity contribution in [1.29, 1.82) is 0 Å². The van der Waals surface area contributed by atoms with Gasteiger partial charge in [-0.2, -0.15) is 26.3 Å². The van der Waals surface area contributed by atoms with Gasteiger partial charge in [-0.1, -0.05) is 30.3 Å². The third-order valence-corrected chi connectivity index (χ3v) is 8.42. The van der Waals surface area contributed by atoms with Crippen LogP contribution in [0.15, 0.2) is 53.9 Å². The molecule has 2 fully saturated rings. The molecule has 5 rings (SSSR count). The largest absolute Gasteiger partial charge is 0.416 e. The quantitative estimate of drug-likeness (QED) is 0.318. The van der Waals surface area contributed by atoms with Crippen LogP contribution >= 0.6 is 11.3 Å². The second-order valence-electron chi connectivity index (χ2n) is 10.3. The lowest BCUT2D eigenvalue weighted by molar-refractivity contribution is -0.143. The van der Waals surface area contributed by atoms with Crippen LogP contribution in [0.25, 0.3) is 0 Å². The van der Waals surface area contributed by atoms with E-state index in [1.54, 1.807) is 0 Å². The second-order valence-corrected chi connectivity index (χ2v) is 11.3. The molecule has 4 atom stereocenters. The van der Waals surface area contributed by atoms with Crippen molar-refractivity contribution in [2.24, 2.45) is 5.92 Å². The van der Waals surface area contributed by atoms with Crippen molar-refractivity contribution in [2.45, 2.75) is 69.4 Å². The molecule has 5 nitrogen and oxygen atoms in total. The summed E-state index contributed by atoms with van der Waals surface area (Å²) in [4.78, 5) is 17.6. The van der Waals surface area contributed by atoms with E-state index >= 15 is 0 Å². The molecule has 0 radical (unpaired) electrons. The molecule has 2 aliphatic heterocycles. The van der Waals surface area contributed by atoms with Crippen LogP contribution in [-0.4, -0.2) is 23.0 Å². The fourth-order valence-electron chi connectivity index (χ4n) is 5.78. The Morgan fingerprint density at radius 3 is 2.35 bits per heavy atom. The van der Waals surface area contributed by atoms with Gasteiger partial charge in [-0.05, 0) is 55.5 Å². The standard InChI is InChI=1S/C28H27F6N3O2S/c1-16-36-21(15-40-16)13-35-25(38)22-12-26(18-5-3-2-4-6-18)24(8-7-23(22)37-26)39-14-17-9-19(27(29,30)31)11-20(10-17)28(32,33)34/h2-6,9-11,15,22-24,37H,7-8,12-14H2,1H3,(H,35,38). The number of carbonyl (C=O) groups is 1. The van der Waals surface area contributed by atoms with Crippen LogP contribution in [0.2, 0.25) is 0 Å². The highest BCUT2D eigenvalue weighted by Gasteiger charge is 2.56. The number of carbonyl (C=O) groups excluding carboxylic acids is 1. The SMILES string of the molecule is Cc1nc(CNC(=O)C2CC3(c4ccccc4)NC2CCC3OCc2cc(C(F)(F)F)cc(C(F)(F)F)c2)cs1. The molecule has 4 unspecified atom stereocenters. The Morgan fingerprint density at radius 1 is 1.07 bits per heavy atom. The van der Waals surface area contributed by atoms with E-state index in [1.807, 2.05) is 42.6 Å². The highest BCUT2D eigenvalue weighted by atomic mass is 32.1. The number of alkyl halides is 6. The van der Waals surface area contributed by atoms with Gasteiger partial charge in [0.05, 0.1) is 52.5 Å². The molecular formula is C28H27F6N3O2S. The molecule has 2 N–H and O–H groups in total. The first kappa shape index (κ1) is 28.6. The molecule has 2 bridgehead atoms. The molecule has 1 aromatic heterocycles. The zero-order valence-corrected chi connectivity index (χ0v) is 22.2. The molecule has 3 heterocycles. The number of piperidine rings is 1. The molecular weight excluding hydrogens is 556 g/mol. The van der Waals surface area contributed by atoms with Gasteiger partial charge in [-0.25, -0.2) is 4.98 Å². The molecule has 214 valence electrons. The summed E-state index contributed by atoms with van der Waals surface area (Å²) < 4.78 is 86.3. The number of aromatic nitrogens is 1. The third kappa shape index (κ3) is 5.89. The Bertz CT molecular complexity index is 1330. The number of nitrogens with one attached hydrogen (secondary N) is 2. The Kier molecular flexibility index (Phi) is 7.71. The summed E-state index contributed by atoms with van der Waals surface area (Å²) in [5, 5.41) is 9.29. The highest BCUT2D eigenvalue weighted by Crippen LogP contribution is 2.48. The number of hydrogen-bond donors (Lipinski definition) is 2. The fourth-order valence-corrected chi connectivity index (χ4v) is 6.39. The van der Waals surface area contributed by atoms with E-state index in [2.05, 4.69) is 15.6 Å². The number of nitrogens with zero attached hydrogens (tertiary/aromatic N) is 1. The van der Waals surface area contributed by atoms with E-state index in [1.165, 1.54) is 11.3 Å². The summed E-state index contributed by atoms with van der Waals surface area (Å²) in [5.74, 6) is -0.548. The average Bonchev–Trinajstić information content (AvgIpc) is 3.47. The number of amides is 1. The molecule has 0 spiro atoms. The summed E-state index contributed by atoms with van der Waals surface area (Å²) in [6.45, 7) is 1.73. The highest BCUT2D eigenvalue weighted by molar-refractivity contribution is 7.09. The van der Waals surface area contributed by atoms with E-state index in [4.69, 9.17) is 4.74 Å². The lowest BCUT2D eigenvalue weighted by atomic mass is 9.80. The summed E-state index contributed by atoms with van der Waals surface area (Å²) in [7, 11) is 0. The van der Waals surface area contributed by atoms with E-state index in [0.717, 1.165) is 16.3 Å². The van der Waals surface area contributed by atoms with Crippen LogP contribution in [0, 0.1) is 12.8 Å². The van der Waals surface area contributed by atoms with Gasteiger partial charge >= 0.3 is 12.4 Å². The van der Waals surface area contributed by atoms with Crippen LogP contribution in [0.4, 0.5) is 26.3 Å². The van der Waals surface area contributed by atoms with Crippen molar-refractivity contribution >= 4 is 17.2 Å². The van der Waals surface area contributed by atoms with E-state index < -0.39 is 47.6 Å². The van der Waals surface area contributed by atoms with Crippen LogP contribution in [0.5, 0.6) is 0 Å². The molecule has 0 saturated carbocycles. The first-order valence-electron chi connectivity index (χ1n) is 12.8. The van der Waals surface area contributed by atoms with Gasteiger partial charge in [0, 0.05) is 11.4 Å². The number of fused-ring (bicyclic) bond motifs is 2. The monoisotopic (exact) mass is 583 g/mol. The molecule has 12 heteroatoms. The lowest BCUT2D eigenvalue weighted by Crippen LogP contribution is -2.54. The van der Waals surface area contributed by atoms with E-state index in [0.29, 0.717) is 37.9 Å². The molecule has 3 aromatic rings. The first-order chi connectivity index (χ1) is 18.8. The van der Waals surface area contributed by atoms with Gasteiger partial charge < -0.3 is 15.4 Å². The Balaban J connectivity index is 1.38. The van der Waals surface area contributed by atoms with E-state index in [9.17, 15) is 31.1 Å². The minimum atomic E-state index is -4.94. The number of rotatable bonds is 7. The molecule has 1 amide bonds. The van der Waals surface area contributed by atoms with Crippen LogP contribution < -0.4 is 10.6 Å². The molecule has 2 saturated heterocycles. The predicted octanol–water partition coefficient (Wildman–Crippen LogP) is 6.36. The fraction of sp³-hybridized carbons (Fsp3) is 0.429. The normalized spacial score (nSPS) is 24.7. The van der Waals surface area contributed by atoms with Crippen molar-refractivity contribution in [2.75, 3.05) is 0 Å². The maximum atomic E-state index is 13.4. The molecule has 2 aromatic carbocycles. The number of benzene rings is 2. The van der Waals surface area contributed by atoms with E-state index in [-0.39, 0.29) is 23.6 Å². The van der Waals surface area contributed by atoms with Gasteiger partial charge in [-0.15, -0.1) is 11.3 Å². The number of halogens is 6. The molecule has 2 aliphatic rings. The zero-order chi connectivity index (χ0) is 28.7. The summed E-state index contributed by atoms with van der Waals surface area (Å²) >= 11 is 1.49. The lowest BCUT2D eigenvalue weighted by Gasteiger charge is -2.42. The maximum absolute atomic E-state index is 13.4. The Hall–Kier alpha value is -2.96. The Morgan fingerprint density at radius 2 is 1.75 bits per heavy atom. The minimum Gasteiger partial charge on any atom is -0.371 e. The van der Waals surface area contributed by atoms with Gasteiger partial charge in [0.25, 0.3) is 0 Å². The van der Waals surface area contributed by atoms with Crippen molar-refractivity contribution in [3.05, 3.63) is 86.9 Å². The van der Waals surface area contributed by atoms with Crippen LogP contribution in [0.1, 0.15) is 52.2 Å². The van der Waals surface area contributed by atoms with Crippen LogP contribution in [0.3, 0.4) is 0 Å². The number of hydrogen-bond acceptors (Lipinski definition) is 5. The number of thiazole rings is 1. The maximum Gasteiger partial charge on any atom is 0.416 e. The number of ether oxygens (including phenoxy) is 1. The van der Waals surface area contributed by atoms with Crippen molar-refractivity contribution < 1.29 is 35.9 Å². The first-order valence-corrected chi connectivity index (χ1v) is 13.6. The average molecular weight is 584 g/mol. The summed E-state index contributed by atoms with van der Waals surface area (Å²) in [6.07, 6.45) is -9.07. The summed E-state index contributed by atoms with van der Waals surface area (Å²) in [5.41, 5.74) is -2.21.